The Morgan fingerprint density at radius 1 is 1.23 bits per heavy atom. The Morgan fingerprint density at radius 2 is 1.97 bits per heavy atom. The molecule has 11 heteroatoms. The van der Waals surface area contributed by atoms with E-state index in [-0.39, 0.29) is 22.1 Å². The first-order chi connectivity index (χ1) is 14.4. The number of esters is 1. The molecule has 0 unspecified atom stereocenters. The summed E-state index contributed by atoms with van der Waals surface area (Å²) in [7, 11) is 1.57. The molecule has 0 atom stereocenters. The summed E-state index contributed by atoms with van der Waals surface area (Å²) in [5, 5.41) is 15.3. The van der Waals surface area contributed by atoms with Crippen molar-refractivity contribution in [1.29, 1.82) is 0 Å². The van der Waals surface area contributed by atoms with Gasteiger partial charge in [0.05, 0.1) is 22.7 Å². The van der Waals surface area contributed by atoms with Crippen LogP contribution in [-0.2, 0) is 9.53 Å². The van der Waals surface area contributed by atoms with Gasteiger partial charge in [-0.1, -0.05) is 11.6 Å². The maximum absolute atomic E-state index is 12.2. The van der Waals surface area contributed by atoms with Gasteiger partial charge in [-0.2, -0.15) is 0 Å². The van der Waals surface area contributed by atoms with E-state index in [1.165, 1.54) is 28.8 Å². The van der Waals surface area contributed by atoms with Gasteiger partial charge in [0, 0.05) is 23.1 Å². The van der Waals surface area contributed by atoms with Crippen LogP contribution in [0, 0.1) is 10.1 Å². The summed E-state index contributed by atoms with van der Waals surface area (Å²) in [5.41, 5.74) is 0.844. The fourth-order valence-electron chi connectivity index (χ4n) is 2.34. The highest BCUT2D eigenvalue weighted by molar-refractivity contribution is 7.13. The van der Waals surface area contributed by atoms with Gasteiger partial charge in [-0.3, -0.25) is 14.9 Å². The van der Waals surface area contributed by atoms with Gasteiger partial charge in [-0.15, -0.1) is 11.3 Å². The lowest BCUT2D eigenvalue weighted by Crippen LogP contribution is -2.21. The van der Waals surface area contributed by atoms with Crippen molar-refractivity contribution >= 4 is 46.2 Å². The number of carbonyl (C=O) groups is 2. The molecule has 154 valence electrons. The summed E-state index contributed by atoms with van der Waals surface area (Å²) in [6.45, 7) is -0.568. The van der Waals surface area contributed by atoms with E-state index in [0.717, 1.165) is 11.6 Å². The SMILES string of the molecule is COc1ccc(-c2nc(C(=O)OCC(=O)Nc3ccc([N+](=O)[O-])cc3Cl)cs2)cc1. The zero-order valence-corrected chi connectivity index (χ0v) is 17.0. The first-order valence-electron chi connectivity index (χ1n) is 8.38. The van der Waals surface area contributed by atoms with E-state index in [2.05, 4.69) is 10.3 Å². The minimum Gasteiger partial charge on any atom is -0.497 e. The number of halogens is 1. The number of benzene rings is 2. The summed E-state index contributed by atoms with van der Waals surface area (Å²) < 4.78 is 10.1. The quantitative estimate of drug-likeness (QED) is 0.327. The molecule has 0 fully saturated rings. The second kappa shape index (κ2) is 9.33. The van der Waals surface area contributed by atoms with Crippen LogP contribution in [0.5, 0.6) is 5.75 Å². The number of anilines is 1. The van der Waals surface area contributed by atoms with Crippen molar-refractivity contribution in [2.75, 3.05) is 19.0 Å². The van der Waals surface area contributed by atoms with Crippen molar-refractivity contribution in [3.8, 4) is 16.3 Å². The molecule has 0 aliphatic heterocycles. The highest BCUT2D eigenvalue weighted by atomic mass is 35.5. The van der Waals surface area contributed by atoms with Crippen LogP contribution in [0.4, 0.5) is 11.4 Å². The van der Waals surface area contributed by atoms with Crippen LogP contribution >= 0.6 is 22.9 Å². The number of nitro benzene ring substituents is 1. The smallest absolute Gasteiger partial charge is 0.358 e. The fourth-order valence-corrected chi connectivity index (χ4v) is 3.36. The van der Waals surface area contributed by atoms with E-state index in [1.54, 1.807) is 19.2 Å². The van der Waals surface area contributed by atoms with Gasteiger partial charge in [0.1, 0.15) is 10.8 Å². The number of rotatable bonds is 7. The van der Waals surface area contributed by atoms with Gasteiger partial charge >= 0.3 is 5.97 Å². The van der Waals surface area contributed by atoms with Crippen molar-refractivity contribution in [2.45, 2.75) is 0 Å². The van der Waals surface area contributed by atoms with E-state index < -0.39 is 23.4 Å². The Kier molecular flexibility index (Phi) is 6.60. The zero-order valence-electron chi connectivity index (χ0n) is 15.5. The zero-order chi connectivity index (χ0) is 21.7. The molecule has 0 bridgehead atoms. The lowest BCUT2D eigenvalue weighted by molar-refractivity contribution is -0.384. The van der Waals surface area contributed by atoms with Crippen LogP contribution in [0.25, 0.3) is 10.6 Å². The highest BCUT2D eigenvalue weighted by Gasteiger charge is 2.16. The number of thiazole rings is 1. The molecule has 0 radical (unpaired) electrons. The molecular formula is C19H14ClN3O6S. The van der Waals surface area contributed by atoms with Crippen LogP contribution in [0.1, 0.15) is 10.5 Å². The van der Waals surface area contributed by atoms with Crippen molar-refractivity contribution < 1.29 is 24.0 Å². The minimum absolute atomic E-state index is 0.00693. The Hall–Kier alpha value is -3.50. The number of aromatic nitrogens is 1. The molecule has 1 aromatic heterocycles. The summed E-state index contributed by atoms with van der Waals surface area (Å²) in [6, 6.07) is 10.8. The maximum Gasteiger partial charge on any atom is 0.358 e. The number of hydrogen-bond acceptors (Lipinski definition) is 8. The summed E-state index contributed by atoms with van der Waals surface area (Å²) in [5.74, 6) is -0.699. The predicted molar refractivity (Wildman–Crippen MR) is 111 cm³/mol. The molecule has 3 rings (SSSR count). The van der Waals surface area contributed by atoms with Crippen molar-refractivity contribution in [3.63, 3.8) is 0 Å². The van der Waals surface area contributed by atoms with Crippen molar-refractivity contribution in [2.24, 2.45) is 0 Å². The van der Waals surface area contributed by atoms with Gasteiger partial charge in [-0.05, 0) is 30.3 Å². The molecule has 0 aliphatic rings. The third kappa shape index (κ3) is 5.10. The summed E-state index contributed by atoms with van der Waals surface area (Å²) in [6.07, 6.45) is 0. The van der Waals surface area contributed by atoms with Crippen LogP contribution in [0.3, 0.4) is 0 Å². The Balaban J connectivity index is 1.57. The molecule has 0 aliphatic carbocycles. The van der Waals surface area contributed by atoms with Crippen LogP contribution in [-0.4, -0.2) is 35.5 Å². The van der Waals surface area contributed by atoms with Crippen LogP contribution in [0.15, 0.2) is 47.8 Å². The molecule has 2 aromatic carbocycles. The number of methoxy groups -OCH3 is 1. The molecule has 9 nitrogen and oxygen atoms in total. The molecule has 30 heavy (non-hydrogen) atoms. The van der Waals surface area contributed by atoms with Gasteiger partial charge < -0.3 is 14.8 Å². The monoisotopic (exact) mass is 447 g/mol. The van der Waals surface area contributed by atoms with Crippen LogP contribution < -0.4 is 10.1 Å². The van der Waals surface area contributed by atoms with E-state index >= 15 is 0 Å². The molecule has 1 N–H and O–H groups in total. The number of hydrogen-bond donors (Lipinski definition) is 1. The highest BCUT2D eigenvalue weighted by Crippen LogP contribution is 2.27. The van der Waals surface area contributed by atoms with Gasteiger partial charge in [-0.25, -0.2) is 9.78 Å². The fraction of sp³-hybridized carbons (Fsp3) is 0.105. The van der Waals surface area contributed by atoms with E-state index in [0.29, 0.717) is 10.8 Å². The molecule has 0 spiro atoms. The molecule has 0 saturated heterocycles. The lowest BCUT2D eigenvalue weighted by atomic mass is 10.2. The average molecular weight is 448 g/mol. The molecule has 0 saturated carbocycles. The molecule has 3 aromatic rings. The first kappa shape index (κ1) is 21.2. The molecule has 1 heterocycles. The lowest BCUT2D eigenvalue weighted by Gasteiger charge is -2.07. The third-order valence-electron chi connectivity index (χ3n) is 3.82. The number of nitrogens with one attached hydrogen (secondary N) is 1. The second-order valence-electron chi connectivity index (χ2n) is 5.81. The van der Waals surface area contributed by atoms with Gasteiger partial charge in [0.25, 0.3) is 11.6 Å². The summed E-state index contributed by atoms with van der Waals surface area (Å²) >= 11 is 7.17. The minimum atomic E-state index is -0.754. The Morgan fingerprint density at radius 3 is 2.60 bits per heavy atom. The number of carbonyl (C=O) groups excluding carboxylic acids is 2. The average Bonchev–Trinajstić information content (AvgIpc) is 3.24. The standard InChI is InChI=1S/C19H14ClN3O6S/c1-28-13-5-2-11(3-6-13)18-22-16(10-30-18)19(25)29-9-17(24)21-15-7-4-12(23(26)27)8-14(15)20/h2-8,10H,9H2,1H3,(H,21,24). The molecule has 1 amide bonds. The van der Waals surface area contributed by atoms with E-state index in [4.69, 9.17) is 21.1 Å². The van der Waals surface area contributed by atoms with Crippen molar-refractivity contribution in [3.05, 3.63) is 68.7 Å². The van der Waals surface area contributed by atoms with Crippen molar-refractivity contribution in [1.82, 2.24) is 4.98 Å². The van der Waals surface area contributed by atoms with Gasteiger partial charge in [0.15, 0.2) is 12.3 Å². The summed E-state index contributed by atoms with van der Waals surface area (Å²) in [4.78, 5) is 38.5. The van der Waals surface area contributed by atoms with E-state index in [1.807, 2.05) is 12.1 Å². The molecular weight excluding hydrogens is 434 g/mol. The van der Waals surface area contributed by atoms with Gasteiger partial charge in [0.2, 0.25) is 0 Å². The topological polar surface area (TPSA) is 121 Å². The Bertz CT molecular complexity index is 1100. The number of ether oxygens (including phenoxy) is 2. The largest absolute Gasteiger partial charge is 0.497 e. The third-order valence-corrected chi connectivity index (χ3v) is 5.03. The Labute approximate surface area is 179 Å². The maximum atomic E-state index is 12.2. The predicted octanol–water partition coefficient (Wildman–Crippen LogP) is 4.18. The second-order valence-corrected chi connectivity index (χ2v) is 7.08. The number of non-ortho nitro benzene ring substituents is 1. The number of nitrogens with zero attached hydrogens (tertiary/aromatic N) is 2. The van der Waals surface area contributed by atoms with Crippen LogP contribution in [0.2, 0.25) is 5.02 Å². The number of nitro groups is 1. The normalized spacial score (nSPS) is 10.3. The number of amides is 1. The van der Waals surface area contributed by atoms with E-state index in [9.17, 15) is 19.7 Å². The first-order valence-corrected chi connectivity index (χ1v) is 9.64.